The van der Waals surface area contributed by atoms with E-state index in [4.69, 9.17) is 21.7 Å². The van der Waals surface area contributed by atoms with Crippen molar-refractivity contribution in [1.82, 2.24) is 0 Å². The van der Waals surface area contributed by atoms with Crippen LogP contribution in [0.3, 0.4) is 0 Å². The fourth-order valence-electron chi connectivity index (χ4n) is 3.59. The molecule has 190 valence electrons. The zero-order valence-electron chi connectivity index (χ0n) is 20.5. The van der Waals surface area contributed by atoms with Crippen molar-refractivity contribution in [2.24, 2.45) is 0 Å². The van der Waals surface area contributed by atoms with Gasteiger partial charge in [0.1, 0.15) is 0 Å². The topological polar surface area (TPSA) is 67.9 Å². The van der Waals surface area contributed by atoms with Crippen molar-refractivity contribution < 1.29 is 19.1 Å². The van der Waals surface area contributed by atoms with Crippen molar-refractivity contribution >= 4 is 73.5 Å². The predicted molar refractivity (Wildman–Crippen MR) is 157 cm³/mol. The number of benzene rings is 3. The molecule has 0 aliphatic carbocycles. The van der Waals surface area contributed by atoms with Crippen molar-refractivity contribution in [3.05, 3.63) is 86.7 Å². The summed E-state index contributed by atoms with van der Waals surface area (Å²) in [5.74, 6) is 0.472. The van der Waals surface area contributed by atoms with Crippen molar-refractivity contribution in [2.45, 2.75) is 20.8 Å². The lowest BCUT2D eigenvalue weighted by Gasteiger charge is -2.14. The molecule has 0 bridgehead atoms. The number of hydrogen-bond donors (Lipinski definition) is 1. The average Bonchev–Trinajstić information content (AvgIpc) is 3.14. The summed E-state index contributed by atoms with van der Waals surface area (Å²) in [4.78, 5) is 27.6. The number of halogens is 1. The van der Waals surface area contributed by atoms with Gasteiger partial charge in [-0.1, -0.05) is 52.0 Å². The fraction of sp³-hybridized carbons (Fsp3) is 0.179. The van der Waals surface area contributed by atoms with Gasteiger partial charge in [0, 0.05) is 10.2 Å². The van der Waals surface area contributed by atoms with Crippen molar-refractivity contribution in [3.63, 3.8) is 0 Å². The third kappa shape index (κ3) is 6.60. The Labute approximate surface area is 234 Å². The molecule has 2 amide bonds. The molecule has 3 aromatic rings. The van der Waals surface area contributed by atoms with Gasteiger partial charge >= 0.3 is 0 Å². The predicted octanol–water partition coefficient (Wildman–Crippen LogP) is 6.89. The van der Waals surface area contributed by atoms with Crippen LogP contribution in [-0.4, -0.2) is 29.3 Å². The van der Waals surface area contributed by atoms with E-state index in [1.54, 1.807) is 18.2 Å². The normalized spacial score (nSPS) is 14.3. The van der Waals surface area contributed by atoms with Crippen LogP contribution in [0.1, 0.15) is 23.6 Å². The molecule has 0 spiro atoms. The van der Waals surface area contributed by atoms with Crippen LogP contribution in [0, 0.1) is 13.8 Å². The Morgan fingerprint density at radius 1 is 1.03 bits per heavy atom. The molecule has 1 heterocycles. The van der Waals surface area contributed by atoms with Gasteiger partial charge in [-0.15, -0.1) is 0 Å². The third-order valence-electron chi connectivity index (χ3n) is 5.59. The Bertz CT molecular complexity index is 1390. The molecular weight excluding hydrogens is 572 g/mol. The molecule has 0 radical (unpaired) electrons. The molecule has 1 saturated heterocycles. The lowest BCUT2D eigenvalue weighted by Crippen LogP contribution is -2.27. The highest BCUT2D eigenvalue weighted by Crippen LogP contribution is 2.37. The fourth-order valence-corrected chi connectivity index (χ4v) is 5.16. The maximum atomic E-state index is 13.1. The second kappa shape index (κ2) is 11.9. The Hall–Kier alpha value is -3.14. The largest absolute Gasteiger partial charge is 0.490 e. The third-order valence-corrected chi connectivity index (χ3v) is 7.42. The number of thioether (sulfide) groups is 1. The number of anilines is 2. The smallest absolute Gasteiger partial charge is 0.270 e. The summed E-state index contributed by atoms with van der Waals surface area (Å²) in [6.45, 7) is 6.13. The molecule has 4 rings (SSSR count). The minimum atomic E-state index is -0.272. The molecule has 0 aromatic heterocycles. The zero-order chi connectivity index (χ0) is 26.5. The van der Waals surface area contributed by atoms with Crippen LogP contribution in [0.25, 0.3) is 6.08 Å². The minimum absolute atomic E-state index is 0.168. The minimum Gasteiger partial charge on any atom is -0.490 e. The number of nitrogens with zero attached hydrogens (tertiary/aromatic N) is 1. The van der Waals surface area contributed by atoms with Gasteiger partial charge in [0.05, 0.1) is 17.2 Å². The van der Waals surface area contributed by atoms with Crippen LogP contribution in [0.4, 0.5) is 11.4 Å². The number of amides is 2. The molecule has 3 aromatic carbocycles. The van der Waals surface area contributed by atoms with Crippen LogP contribution in [-0.2, 0) is 9.59 Å². The summed E-state index contributed by atoms with van der Waals surface area (Å²) >= 11 is 10.1. The standard InChI is InChI=1S/C28H25BrN2O4S2/c1-4-34-24-14-19(15-25-27(33)31(28(36)37-25)22-10-7-20(29)8-11-22)6-12-23(24)35-16-26(32)30-21-9-5-17(2)18(3)13-21/h5-15H,4,16H2,1-3H3,(H,30,32)/b25-15+. The van der Waals surface area contributed by atoms with E-state index in [-0.39, 0.29) is 18.4 Å². The van der Waals surface area contributed by atoms with E-state index in [2.05, 4.69) is 21.2 Å². The Kier molecular flexibility index (Phi) is 8.68. The monoisotopic (exact) mass is 596 g/mol. The van der Waals surface area contributed by atoms with Gasteiger partial charge in [0.15, 0.2) is 22.4 Å². The van der Waals surface area contributed by atoms with Crippen molar-refractivity contribution in [1.29, 1.82) is 0 Å². The molecule has 1 aliphatic rings. The second-order valence-corrected chi connectivity index (χ2v) is 10.9. The zero-order valence-corrected chi connectivity index (χ0v) is 23.8. The lowest BCUT2D eigenvalue weighted by atomic mass is 10.1. The summed E-state index contributed by atoms with van der Waals surface area (Å²) < 4.78 is 12.9. The van der Waals surface area contributed by atoms with Gasteiger partial charge < -0.3 is 14.8 Å². The maximum Gasteiger partial charge on any atom is 0.270 e. The van der Waals surface area contributed by atoms with Crippen LogP contribution >= 0.6 is 39.9 Å². The maximum absolute atomic E-state index is 13.1. The Morgan fingerprint density at radius 3 is 2.49 bits per heavy atom. The summed E-state index contributed by atoms with van der Waals surface area (Å²) in [6.07, 6.45) is 1.77. The second-order valence-electron chi connectivity index (χ2n) is 8.27. The van der Waals surface area contributed by atoms with E-state index >= 15 is 0 Å². The molecule has 0 saturated carbocycles. The number of thiocarbonyl (C=S) groups is 1. The highest BCUT2D eigenvalue weighted by atomic mass is 79.9. The van der Waals surface area contributed by atoms with Crippen LogP contribution in [0.15, 0.2) is 70.0 Å². The van der Waals surface area contributed by atoms with Gasteiger partial charge in [-0.2, -0.15) is 0 Å². The molecular formula is C28H25BrN2O4S2. The first-order valence-electron chi connectivity index (χ1n) is 11.6. The number of rotatable bonds is 8. The average molecular weight is 598 g/mol. The molecule has 1 aliphatic heterocycles. The number of hydrogen-bond acceptors (Lipinski definition) is 6. The highest BCUT2D eigenvalue weighted by Gasteiger charge is 2.33. The van der Waals surface area contributed by atoms with E-state index < -0.39 is 0 Å². The molecule has 1 fully saturated rings. The first kappa shape index (κ1) is 26.9. The van der Waals surface area contributed by atoms with Gasteiger partial charge in [0.25, 0.3) is 11.8 Å². The van der Waals surface area contributed by atoms with E-state index in [0.717, 1.165) is 26.9 Å². The molecule has 9 heteroatoms. The van der Waals surface area contributed by atoms with Crippen LogP contribution in [0.2, 0.25) is 0 Å². The van der Waals surface area contributed by atoms with Crippen molar-refractivity contribution in [2.75, 3.05) is 23.4 Å². The summed E-state index contributed by atoms with van der Waals surface area (Å²) in [6, 6.07) is 18.5. The first-order chi connectivity index (χ1) is 17.7. The first-order valence-corrected chi connectivity index (χ1v) is 13.6. The van der Waals surface area contributed by atoms with E-state index in [1.165, 1.54) is 16.7 Å². The summed E-state index contributed by atoms with van der Waals surface area (Å²) in [5, 5.41) is 2.85. The van der Waals surface area contributed by atoms with Gasteiger partial charge in [0.2, 0.25) is 0 Å². The number of ether oxygens (including phenoxy) is 2. The molecule has 1 N–H and O–H groups in total. The molecule has 37 heavy (non-hydrogen) atoms. The molecule has 6 nitrogen and oxygen atoms in total. The van der Waals surface area contributed by atoms with Crippen LogP contribution < -0.4 is 19.7 Å². The highest BCUT2D eigenvalue weighted by molar-refractivity contribution is 9.10. The lowest BCUT2D eigenvalue weighted by molar-refractivity contribution is -0.118. The molecule has 0 atom stereocenters. The molecule has 0 unspecified atom stereocenters. The van der Waals surface area contributed by atoms with E-state index in [0.29, 0.717) is 33.0 Å². The van der Waals surface area contributed by atoms with Crippen molar-refractivity contribution in [3.8, 4) is 11.5 Å². The Morgan fingerprint density at radius 2 is 1.78 bits per heavy atom. The van der Waals surface area contributed by atoms with Crippen LogP contribution in [0.5, 0.6) is 11.5 Å². The number of aryl methyl sites for hydroxylation is 2. The number of nitrogens with one attached hydrogen (secondary N) is 1. The quantitative estimate of drug-likeness (QED) is 0.226. The van der Waals surface area contributed by atoms with Gasteiger partial charge in [-0.05, 0) is 92.1 Å². The SMILES string of the molecule is CCOc1cc(/C=C2/SC(=S)N(c3ccc(Br)cc3)C2=O)ccc1OCC(=O)Nc1ccc(C)c(C)c1. The van der Waals surface area contributed by atoms with E-state index in [1.807, 2.05) is 69.3 Å². The number of carbonyl (C=O) groups excluding carboxylic acids is 2. The van der Waals surface area contributed by atoms with Gasteiger partial charge in [-0.3, -0.25) is 14.5 Å². The van der Waals surface area contributed by atoms with Gasteiger partial charge in [-0.25, -0.2) is 0 Å². The summed E-state index contributed by atoms with van der Waals surface area (Å²) in [5.41, 5.74) is 4.45. The van der Waals surface area contributed by atoms with E-state index in [9.17, 15) is 9.59 Å². The number of carbonyl (C=O) groups is 2. The summed E-state index contributed by atoms with van der Waals surface area (Å²) in [7, 11) is 0. The Balaban J connectivity index is 1.46.